The van der Waals surface area contributed by atoms with Crippen molar-refractivity contribution in [3.8, 4) is 11.8 Å². The number of thioether (sulfide) groups is 1. The van der Waals surface area contributed by atoms with Gasteiger partial charge in [0.15, 0.2) is 0 Å². The third-order valence-corrected chi connectivity index (χ3v) is 2.12. The van der Waals surface area contributed by atoms with E-state index in [1.54, 1.807) is 11.8 Å². The van der Waals surface area contributed by atoms with Gasteiger partial charge in [-0.15, -0.1) is 11.8 Å². The SMILES string of the molecule is CSCn1nnc(Oc2ccccc2)n1. The first-order chi connectivity index (χ1) is 7.38. The fraction of sp³-hybridized carbons (Fsp3) is 0.222. The number of ether oxygens (including phenoxy) is 1. The highest BCUT2D eigenvalue weighted by atomic mass is 32.2. The molecule has 0 radical (unpaired) electrons. The van der Waals surface area contributed by atoms with E-state index < -0.39 is 0 Å². The van der Waals surface area contributed by atoms with Crippen molar-refractivity contribution in [3.63, 3.8) is 0 Å². The molecule has 1 aromatic carbocycles. The van der Waals surface area contributed by atoms with Crippen LogP contribution in [0.4, 0.5) is 0 Å². The lowest BCUT2D eigenvalue weighted by atomic mass is 10.3. The maximum absolute atomic E-state index is 5.39. The molecule has 0 aliphatic carbocycles. The van der Waals surface area contributed by atoms with Gasteiger partial charge >= 0.3 is 6.01 Å². The Bertz CT molecular complexity index is 417. The van der Waals surface area contributed by atoms with Gasteiger partial charge in [-0.25, -0.2) is 0 Å². The first-order valence-corrected chi connectivity index (χ1v) is 5.77. The lowest BCUT2D eigenvalue weighted by Crippen LogP contribution is -1.98. The van der Waals surface area contributed by atoms with Crippen LogP contribution in [0.3, 0.4) is 0 Å². The highest BCUT2D eigenvalue weighted by Crippen LogP contribution is 2.15. The molecule has 0 bridgehead atoms. The van der Waals surface area contributed by atoms with Crippen LogP contribution in [-0.4, -0.2) is 26.5 Å². The van der Waals surface area contributed by atoms with Crippen molar-refractivity contribution < 1.29 is 4.74 Å². The molecule has 0 saturated carbocycles. The second-order valence-corrected chi connectivity index (χ2v) is 3.61. The summed E-state index contributed by atoms with van der Waals surface area (Å²) < 4.78 is 5.39. The maximum Gasteiger partial charge on any atom is 0.361 e. The van der Waals surface area contributed by atoms with Crippen LogP contribution in [0.15, 0.2) is 30.3 Å². The molecule has 0 fully saturated rings. The molecular formula is C9H10N4OS. The molecule has 0 saturated heterocycles. The van der Waals surface area contributed by atoms with Gasteiger partial charge in [-0.2, -0.15) is 4.80 Å². The van der Waals surface area contributed by atoms with E-state index in [4.69, 9.17) is 4.74 Å². The van der Waals surface area contributed by atoms with Crippen LogP contribution in [0.25, 0.3) is 0 Å². The summed E-state index contributed by atoms with van der Waals surface area (Å²) >= 11 is 1.62. The van der Waals surface area contributed by atoms with Crippen LogP contribution in [0.5, 0.6) is 11.8 Å². The van der Waals surface area contributed by atoms with Gasteiger partial charge < -0.3 is 4.74 Å². The number of rotatable bonds is 4. The molecule has 1 aromatic heterocycles. The molecule has 0 aliphatic rings. The minimum Gasteiger partial charge on any atom is -0.422 e. The molecule has 0 unspecified atom stereocenters. The van der Waals surface area contributed by atoms with Crippen LogP contribution in [0.1, 0.15) is 0 Å². The van der Waals surface area contributed by atoms with Crippen molar-refractivity contribution in [1.29, 1.82) is 0 Å². The van der Waals surface area contributed by atoms with E-state index in [0.29, 0.717) is 11.6 Å². The fourth-order valence-electron chi connectivity index (χ4n) is 1.03. The number of aromatic nitrogens is 4. The van der Waals surface area contributed by atoms with Crippen molar-refractivity contribution in [3.05, 3.63) is 30.3 Å². The molecule has 0 N–H and O–H groups in total. The molecule has 2 rings (SSSR count). The van der Waals surface area contributed by atoms with Gasteiger partial charge in [0.25, 0.3) is 0 Å². The maximum atomic E-state index is 5.39. The highest BCUT2D eigenvalue weighted by Gasteiger charge is 2.03. The zero-order valence-corrected chi connectivity index (χ0v) is 9.02. The molecule has 2 aromatic rings. The summed E-state index contributed by atoms with van der Waals surface area (Å²) in [6, 6.07) is 9.66. The van der Waals surface area contributed by atoms with Gasteiger partial charge in [-0.3, -0.25) is 0 Å². The second-order valence-electron chi connectivity index (χ2n) is 2.78. The molecule has 5 nitrogen and oxygen atoms in total. The standard InChI is InChI=1S/C9H10N4OS/c1-15-7-13-11-9(10-12-13)14-8-5-3-2-4-6-8/h2-6H,7H2,1H3. The van der Waals surface area contributed by atoms with E-state index in [9.17, 15) is 0 Å². The minimum absolute atomic E-state index is 0.273. The molecule has 15 heavy (non-hydrogen) atoms. The second kappa shape index (κ2) is 4.79. The Morgan fingerprint density at radius 2 is 2.13 bits per heavy atom. The van der Waals surface area contributed by atoms with Crippen LogP contribution in [0.2, 0.25) is 0 Å². The van der Waals surface area contributed by atoms with Crippen molar-refractivity contribution in [2.45, 2.75) is 5.88 Å². The largest absolute Gasteiger partial charge is 0.422 e. The molecule has 78 valence electrons. The van der Waals surface area contributed by atoms with Crippen molar-refractivity contribution in [1.82, 2.24) is 20.2 Å². The van der Waals surface area contributed by atoms with Gasteiger partial charge in [0.05, 0.1) is 0 Å². The molecule has 0 atom stereocenters. The predicted molar refractivity (Wildman–Crippen MR) is 57.8 cm³/mol. The highest BCUT2D eigenvalue weighted by molar-refractivity contribution is 7.97. The molecule has 0 spiro atoms. The van der Waals surface area contributed by atoms with Crippen LogP contribution in [0, 0.1) is 0 Å². The average molecular weight is 222 g/mol. The third kappa shape index (κ3) is 2.69. The minimum atomic E-state index is 0.273. The van der Waals surface area contributed by atoms with E-state index in [-0.39, 0.29) is 6.01 Å². The van der Waals surface area contributed by atoms with Crippen molar-refractivity contribution >= 4 is 11.8 Å². The topological polar surface area (TPSA) is 52.8 Å². The summed E-state index contributed by atoms with van der Waals surface area (Å²) in [6.45, 7) is 0. The zero-order chi connectivity index (χ0) is 10.5. The Morgan fingerprint density at radius 1 is 1.33 bits per heavy atom. The number of nitrogens with zero attached hydrogens (tertiary/aromatic N) is 4. The normalized spacial score (nSPS) is 10.2. The number of hydrogen-bond donors (Lipinski definition) is 0. The number of benzene rings is 1. The number of tetrazole rings is 1. The summed E-state index contributed by atoms with van der Waals surface area (Å²) in [5.41, 5.74) is 0. The zero-order valence-electron chi connectivity index (χ0n) is 8.20. The Balaban J connectivity index is 2.05. The summed E-state index contributed by atoms with van der Waals surface area (Å²) in [4.78, 5) is 1.49. The van der Waals surface area contributed by atoms with E-state index in [1.165, 1.54) is 4.80 Å². The first kappa shape index (κ1) is 9.97. The summed E-state index contributed by atoms with van der Waals surface area (Å²) in [6.07, 6.45) is 1.97. The summed E-state index contributed by atoms with van der Waals surface area (Å²) in [5, 5.41) is 11.7. The Morgan fingerprint density at radius 3 is 2.87 bits per heavy atom. The lowest BCUT2D eigenvalue weighted by Gasteiger charge is -1.97. The predicted octanol–water partition coefficient (Wildman–Crippen LogP) is 1.79. The molecule has 1 heterocycles. The van der Waals surface area contributed by atoms with Crippen LogP contribution in [-0.2, 0) is 5.88 Å². The molecular weight excluding hydrogens is 212 g/mol. The fourth-order valence-corrected chi connectivity index (χ4v) is 1.37. The Kier molecular flexibility index (Phi) is 3.18. The van der Waals surface area contributed by atoms with Gasteiger partial charge in [-0.05, 0) is 23.6 Å². The van der Waals surface area contributed by atoms with Crippen LogP contribution >= 0.6 is 11.8 Å². The molecule has 0 amide bonds. The quantitative estimate of drug-likeness (QED) is 0.789. The molecule has 0 aliphatic heterocycles. The Labute approximate surface area is 91.4 Å². The smallest absolute Gasteiger partial charge is 0.361 e. The summed E-state index contributed by atoms with van der Waals surface area (Å²) in [5.74, 6) is 1.38. The summed E-state index contributed by atoms with van der Waals surface area (Å²) in [7, 11) is 0. The van der Waals surface area contributed by atoms with Gasteiger partial charge in [0.1, 0.15) is 11.6 Å². The van der Waals surface area contributed by atoms with E-state index >= 15 is 0 Å². The third-order valence-electron chi connectivity index (χ3n) is 1.63. The van der Waals surface area contributed by atoms with Crippen LogP contribution < -0.4 is 4.74 Å². The van der Waals surface area contributed by atoms with E-state index in [2.05, 4.69) is 15.4 Å². The van der Waals surface area contributed by atoms with E-state index in [0.717, 1.165) is 0 Å². The van der Waals surface area contributed by atoms with Gasteiger partial charge in [0.2, 0.25) is 0 Å². The monoisotopic (exact) mass is 222 g/mol. The van der Waals surface area contributed by atoms with Gasteiger partial charge in [0, 0.05) is 0 Å². The van der Waals surface area contributed by atoms with Gasteiger partial charge in [-0.1, -0.05) is 28.4 Å². The molecule has 6 heteroatoms. The average Bonchev–Trinajstić information content (AvgIpc) is 2.68. The van der Waals surface area contributed by atoms with Crippen molar-refractivity contribution in [2.24, 2.45) is 0 Å². The Hall–Kier alpha value is -1.56. The first-order valence-electron chi connectivity index (χ1n) is 4.38. The number of para-hydroxylation sites is 1. The number of hydrogen-bond acceptors (Lipinski definition) is 5. The van der Waals surface area contributed by atoms with E-state index in [1.807, 2.05) is 36.6 Å². The van der Waals surface area contributed by atoms with Crippen molar-refractivity contribution in [2.75, 3.05) is 6.26 Å². The lowest BCUT2D eigenvalue weighted by molar-refractivity contribution is 0.438.